The van der Waals surface area contributed by atoms with Crippen LogP contribution in [0, 0.1) is 0 Å². The number of nitrogens with one attached hydrogen (secondary N) is 1. The Labute approximate surface area is 114 Å². The van der Waals surface area contributed by atoms with E-state index in [0.717, 1.165) is 23.3 Å². The van der Waals surface area contributed by atoms with Gasteiger partial charge >= 0.3 is 0 Å². The summed E-state index contributed by atoms with van der Waals surface area (Å²) in [4.78, 5) is 1.35. The van der Waals surface area contributed by atoms with Gasteiger partial charge in [-0.05, 0) is 39.5 Å². The Morgan fingerprint density at radius 3 is 2.82 bits per heavy atom. The average molecular weight is 312 g/mol. The molecule has 1 N–H and O–H groups in total. The van der Waals surface area contributed by atoms with Crippen LogP contribution in [0.5, 0.6) is 5.75 Å². The van der Waals surface area contributed by atoms with Crippen molar-refractivity contribution in [3.63, 3.8) is 0 Å². The summed E-state index contributed by atoms with van der Waals surface area (Å²) in [6, 6.07) is 12.1. The van der Waals surface area contributed by atoms with Gasteiger partial charge in [-0.3, -0.25) is 0 Å². The topological polar surface area (TPSA) is 21.3 Å². The van der Waals surface area contributed by atoms with E-state index in [1.807, 2.05) is 24.3 Å². The van der Waals surface area contributed by atoms with Crippen LogP contribution in [0.3, 0.4) is 0 Å². The number of hydrogen-bond donors (Lipinski definition) is 1. The molecule has 2 aromatic rings. The van der Waals surface area contributed by atoms with Crippen LogP contribution in [0.1, 0.15) is 4.88 Å². The molecule has 0 fully saturated rings. The lowest BCUT2D eigenvalue weighted by atomic mass is 10.3. The number of benzene rings is 1. The Balaban J connectivity index is 1.65. The third-order valence-electron chi connectivity index (χ3n) is 2.25. The minimum absolute atomic E-state index is 0.675. The molecule has 90 valence electrons. The second-order valence-electron chi connectivity index (χ2n) is 3.54. The van der Waals surface area contributed by atoms with Crippen molar-refractivity contribution in [1.82, 2.24) is 5.32 Å². The average Bonchev–Trinajstić information content (AvgIpc) is 2.84. The zero-order chi connectivity index (χ0) is 11.9. The molecule has 0 saturated heterocycles. The van der Waals surface area contributed by atoms with Crippen LogP contribution in [-0.2, 0) is 6.54 Å². The highest BCUT2D eigenvalue weighted by molar-refractivity contribution is 9.10. The second-order valence-corrected chi connectivity index (χ2v) is 5.42. The van der Waals surface area contributed by atoms with Gasteiger partial charge in [-0.2, -0.15) is 0 Å². The minimum Gasteiger partial charge on any atom is -0.491 e. The van der Waals surface area contributed by atoms with Crippen LogP contribution in [0.25, 0.3) is 0 Å². The van der Waals surface area contributed by atoms with Gasteiger partial charge < -0.3 is 10.1 Å². The van der Waals surface area contributed by atoms with Gasteiger partial charge in [0, 0.05) is 18.0 Å². The van der Waals surface area contributed by atoms with Crippen LogP contribution in [0.4, 0.5) is 0 Å². The maximum atomic E-state index is 5.65. The number of thiophene rings is 1. The van der Waals surface area contributed by atoms with Crippen molar-refractivity contribution in [2.45, 2.75) is 6.54 Å². The molecule has 0 aliphatic heterocycles. The summed E-state index contributed by atoms with van der Waals surface area (Å²) in [6.45, 7) is 2.43. The van der Waals surface area contributed by atoms with Gasteiger partial charge in [-0.25, -0.2) is 0 Å². The summed E-state index contributed by atoms with van der Waals surface area (Å²) in [6.07, 6.45) is 0. The molecule has 0 spiro atoms. The predicted molar refractivity (Wildman–Crippen MR) is 75.7 cm³/mol. The molecule has 2 rings (SSSR count). The van der Waals surface area contributed by atoms with Crippen molar-refractivity contribution in [1.29, 1.82) is 0 Å². The number of para-hydroxylation sites is 1. The molecule has 0 saturated carbocycles. The molecular formula is C13H14BrNOS. The van der Waals surface area contributed by atoms with Gasteiger partial charge in [0.05, 0.1) is 4.47 Å². The second kappa shape index (κ2) is 6.79. The quantitative estimate of drug-likeness (QED) is 0.822. The summed E-state index contributed by atoms with van der Waals surface area (Å²) in [5.74, 6) is 0.894. The lowest BCUT2D eigenvalue weighted by molar-refractivity contribution is 0.312. The minimum atomic E-state index is 0.675. The van der Waals surface area contributed by atoms with E-state index in [-0.39, 0.29) is 0 Å². The van der Waals surface area contributed by atoms with Gasteiger partial charge in [0.25, 0.3) is 0 Å². The number of hydrogen-bond acceptors (Lipinski definition) is 3. The van der Waals surface area contributed by atoms with Crippen LogP contribution >= 0.6 is 27.3 Å². The first-order valence-corrected chi connectivity index (χ1v) is 7.14. The first-order valence-electron chi connectivity index (χ1n) is 5.46. The number of halogens is 1. The molecular weight excluding hydrogens is 298 g/mol. The van der Waals surface area contributed by atoms with Crippen LogP contribution in [0.15, 0.2) is 46.3 Å². The monoisotopic (exact) mass is 311 g/mol. The zero-order valence-electron chi connectivity index (χ0n) is 9.36. The molecule has 0 bridgehead atoms. The van der Waals surface area contributed by atoms with Crippen molar-refractivity contribution >= 4 is 27.3 Å². The normalized spacial score (nSPS) is 10.4. The van der Waals surface area contributed by atoms with Crippen molar-refractivity contribution in [2.24, 2.45) is 0 Å². The highest BCUT2D eigenvalue weighted by atomic mass is 79.9. The van der Waals surface area contributed by atoms with Gasteiger partial charge in [-0.15, -0.1) is 11.3 Å². The first kappa shape index (κ1) is 12.6. The molecule has 17 heavy (non-hydrogen) atoms. The fraction of sp³-hybridized carbons (Fsp3) is 0.231. The summed E-state index contributed by atoms with van der Waals surface area (Å²) in [7, 11) is 0. The lowest BCUT2D eigenvalue weighted by Gasteiger charge is -2.08. The van der Waals surface area contributed by atoms with E-state index in [1.54, 1.807) is 11.3 Å². The van der Waals surface area contributed by atoms with Crippen molar-refractivity contribution < 1.29 is 4.74 Å². The lowest BCUT2D eigenvalue weighted by Crippen LogP contribution is -2.20. The van der Waals surface area contributed by atoms with E-state index in [9.17, 15) is 0 Å². The van der Waals surface area contributed by atoms with E-state index in [1.165, 1.54) is 4.88 Å². The molecule has 0 atom stereocenters. The highest BCUT2D eigenvalue weighted by Crippen LogP contribution is 2.23. The SMILES string of the molecule is Brc1ccccc1OCCNCc1cccs1. The van der Waals surface area contributed by atoms with Gasteiger partial charge in [0.15, 0.2) is 0 Å². The Bertz CT molecular complexity index is 444. The van der Waals surface area contributed by atoms with Crippen LogP contribution in [-0.4, -0.2) is 13.2 Å². The Hall–Kier alpha value is -0.840. The predicted octanol–water partition coefficient (Wildman–Crippen LogP) is 3.68. The zero-order valence-corrected chi connectivity index (χ0v) is 11.8. The molecule has 0 unspecified atom stereocenters. The van der Waals surface area contributed by atoms with Gasteiger partial charge in [-0.1, -0.05) is 18.2 Å². The molecule has 0 radical (unpaired) electrons. The molecule has 4 heteroatoms. The summed E-state index contributed by atoms with van der Waals surface area (Å²) >= 11 is 5.22. The Morgan fingerprint density at radius 1 is 1.18 bits per heavy atom. The van der Waals surface area contributed by atoms with Crippen LogP contribution in [0.2, 0.25) is 0 Å². The Morgan fingerprint density at radius 2 is 2.06 bits per heavy atom. The number of ether oxygens (including phenoxy) is 1. The molecule has 1 heterocycles. The first-order chi connectivity index (χ1) is 8.36. The molecule has 0 aliphatic rings. The largest absolute Gasteiger partial charge is 0.491 e. The van der Waals surface area contributed by atoms with Crippen molar-refractivity contribution in [2.75, 3.05) is 13.2 Å². The number of rotatable bonds is 6. The summed E-state index contributed by atoms with van der Waals surface area (Å²) in [5, 5.41) is 5.44. The molecule has 1 aromatic carbocycles. The van der Waals surface area contributed by atoms with E-state index >= 15 is 0 Å². The molecule has 0 aliphatic carbocycles. The third kappa shape index (κ3) is 4.15. The summed E-state index contributed by atoms with van der Waals surface area (Å²) < 4.78 is 6.65. The fourth-order valence-corrected chi connectivity index (χ4v) is 2.49. The standard InChI is InChI=1S/C13H14BrNOS/c14-12-5-1-2-6-13(12)16-8-7-15-10-11-4-3-9-17-11/h1-6,9,15H,7-8,10H2. The van der Waals surface area contributed by atoms with E-state index < -0.39 is 0 Å². The molecule has 1 aromatic heterocycles. The van der Waals surface area contributed by atoms with Crippen molar-refractivity contribution in [3.05, 3.63) is 51.1 Å². The van der Waals surface area contributed by atoms with E-state index in [2.05, 4.69) is 38.8 Å². The van der Waals surface area contributed by atoms with Crippen LogP contribution < -0.4 is 10.1 Å². The van der Waals surface area contributed by atoms with Crippen molar-refractivity contribution in [3.8, 4) is 5.75 Å². The van der Waals surface area contributed by atoms with Gasteiger partial charge in [0.1, 0.15) is 12.4 Å². The maximum Gasteiger partial charge on any atom is 0.133 e. The van der Waals surface area contributed by atoms with E-state index in [4.69, 9.17) is 4.74 Å². The third-order valence-corrected chi connectivity index (χ3v) is 3.78. The molecule has 0 amide bonds. The molecule has 2 nitrogen and oxygen atoms in total. The smallest absolute Gasteiger partial charge is 0.133 e. The highest BCUT2D eigenvalue weighted by Gasteiger charge is 1.98. The fourth-order valence-electron chi connectivity index (χ4n) is 1.42. The van der Waals surface area contributed by atoms with Gasteiger partial charge in [0.2, 0.25) is 0 Å². The Kier molecular flexibility index (Phi) is 5.04. The maximum absolute atomic E-state index is 5.65. The van der Waals surface area contributed by atoms with E-state index in [0.29, 0.717) is 6.61 Å². The summed E-state index contributed by atoms with van der Waals surface area (Å²) in [5.41, 5.74) is 0.